The standard InChI is InChI=1S/C34H26O/c35-27-17-13-22(14-18-27)21-32(28-19-15-25-7-1-5-23-9-3-11-30(28)33(23)25)29-20-16-26-8-2-6-24-10-4-12-31(29)34(24)26/h1-20,28-29,32,35H,21H2. The molecule has 1 heteroatoms. The van der Waals surface area contributed by atoms with Crippen LogP contribution in [-0.2, 0) is 6.42 Å². The van der Waals surface area contributed by atoms with Crippen LogP contribution in [0.4, 0.5) is 0 Å². The van der Waals surface area contributed by atoms with Crippen LogP contribution in [0, 0.1) is 5.92 Å². The van der Waals surface area contributed by atoms with Crippen LogP contribution in [-0.4, -0.2) is 5.11 Å². The molecule has 2 aliphatic rings. The lowest BCUT2D eigenvalue weighted by Gasteiger charge is -2.36. The summed E-state index contributed by atoms with van der Waals surface area (Å²) in [7, 11) is 0. The third kappa shape index (κ3) is 3.31. The van der Waals surface area contributed by atoms with Gasteiger partial charge in [0.1, 0.15) is 5.75 Å². The van der Waals surface area contributed by atoms with Gasteiger partial charge >= 0.3 is 0 Å². The fourth-order valence-electron chi connectivity index (χ4n) is 6.38. The van der Waals surface area contributed by atoms with E-state index in [-0.39, 0.29) is 11.8 Å². The molecule has 2 atom stereocenters. The Balaban J connectivity index is 1.41. The van der Waals surface area contributed by atoms with Gasteiger partial charge in [0, 0.05) is 11.8 Å². The van der Waals surface area contributed by atoms with Crippen LogP contribution in [0.2, 0.25) is 0 Å². The van der Waals surface area contributed by atoms with Gasteiger partial charge < -0.3 is 5.11 Å². The predicted octanol–water partition coefficient (Wildman–Crippen LogP) is 8.48. The Hall–Kier alpha value is -4.10. The Morgan fingerprint density at radius 1 is 0.571 bits per heavy atom. The molecule has 168 valence electrons. The summed E-state index contributed by atoms with van der Waals surface area (Å²) in [5.41, 5.74) is 6.72. The van der Waals surface area contributed by atoms with Crippen molar-refractivity contribution in [3.63, 3.8) is 0 Å². The Labute approximate surface area is 205 Å². The summed E-state index contributed by atoms with van der Waals surface area (Å²) in [6.07, 6.45) is 10.4. The van der Waals surface area contributed by atoms with Crippen molar-refractivity contribution in [2.75, 3.05) is 0 Å². The van der Waals surface area contributed by atoms with Crippen LogP contribution in [0.15, 0.2) is 109 Å². The van der Waals surface area contributed by atoms with Crippen molar-refractivity contribution in [2.24, 2.45) is 5.92 Å². The van der Waals surface area contributed by atoms with Crippen LogP contribution in [0.1, 0.15) is 39.7 Å². The SMILES string of the molecule is Oc1ccc(CC(C2C=Cc3cccc4cccc2c34)C2C=Cc3cccc4cccc2c34)cc1. The largest absolute Gasteiger partial charge is 0.508 e. The summed E-state index contributed by atoms with van der Waals surface area (Å²) in [5.74, 6) is 1.23. The maximum Gasteiger partial charge on any atom is 0.115 e. The van der Waals surface area contributed by atoms with Crippen LogP contribution in [0.5, 0.6) is 5.75 Å². The highest BCUT2D eigenvalue weighted by atomic mass is 16.3. The molecule has 0 bridgehead atoms. The lowest BCUT2D eigenvalue weighted by atomic mass is 9.67. The maximum atomic E-state index is 9.89. The summed E-state index contributed by atoms with van der Waals surface area (Å²) in [5, 5.41) is 15.3. The van der Waals surface area contributed by atoms with E-state index in [2.05, 4.69) is 109 Å². The highest BCUT2D eigenvalue weighted by molar-refractivity contribution is 5.97. The van der Waals surface area contributed by atoms with Gasteiger partial charge in [-0.15, -0.1) is 0 Å². The maximum absolute atomic E-state index is 9.89. The lowest BCUT2D eigenvalue weighted by molar-refractivity contribution is 0.432. The predicted molar refractivity (Wildman–Crippen MR) is 147 cm³/mol. The smallest absolute Gasteiger partial charge is 0.115 e. The molecule has 0 aliphatic heterocycles. The van der Waals surface area contributed by atoms with E-state index in [0.717, 1.165) is 6.42 Å². The molecule has 35 heavy (non-hydrogen) atoms. The van der Waals surface area contributed by atoms with Crippen LogP contribution < -0.4 is 0 Å². The minimum absolute atomic E-state index is 0.289. The zero-order valence-electron chi connectivity index (χ0n) is 19.4. The number of hydrogen-bond donors (Lipinski definition) is 1. The minimum atomic E-state index is 0.289. The van der Waals surface area contributed by atoms with E-state index < -0.39 is 0 Å². The minimum Gasteiger partial charge on any atom is -0.508 e. The Morgan fingerprint density at radius 3 is 1.57 bits per heavy atom. The molecular formula is C34H26O. The number of rotatable bonds is 4. The summed E-state index contributed by atoms with van der Waals surface area (Å²) in [4.78, 5) is 0. The number of hydrogen-bond acceptors (Lipinski definition) is 1. The van der Waals surface area contributed by atoms with E-state index in [1.54, 1.807) is 0 Å². The van der Waals surface area contributed by atoms with Crippen LogP contribution in [0.25, 0.3) is 33.7 Å². The first-order valence-corrected chi connectivity index (χ1v) is 12.4. The summed E-state index contributed by atoms with van der Waals surface area (Å²) >= 11 is 0. The molecule has 0 amide bonds. The number of phenols is 1. The van der Waals surface area contributed by atoms with E-state index in [1.165, 1.54) is 49.4 Å². The molecule has 5 aromatic rings. The van der Waals surface area contributed by atoms with Crippen molar-refractivity contribution < 1.29 is 5.11 Å². The normalized spacial score (nSPS) is 18.7. The first kappa shape index (κ1) is 20.3. The molecule has 1 nitrogen and oxygen atoms in total. The van der Waals surface area contributed by atoms with Gasteiger partial charge in [-0.25, -0.2) is 0 Å². The molecular weight excluding hydrogens is 424 g/mol. The first-order valence-electron chi connectivity index (χ1n) is 12.4. The van der Waals surface area contributed by atoms with Crippen molar-refractivity contribution in [1.29, 1.82) is 0 Å². The lowest BCUT2D eigenvalue weighted by Crippen LogP contribution is -2.23. The third-order valence-electron chi connectivity index (χ3n) is 7.95. The second kappa shape index (κ2) is 7.99. The first-order chi connectivity index (χ1) is 17.3. The average Bonchev–Trinajstić information content (AvgIpc) is 2.90. The molecule has 0 saturated heterocycles. The Morgan fingerprint density at radius 2 is 1.06 bits per heavy atom. The van der Waals surface area contributed by atoms with Crippen molar-refractivity contribution in [3.8, 4) is 5.75 Å². The fourth-order valence-corrected chi connectivity index (χ4v) is 6.38. The third-order valence-corrected chi connectivity index (χ3v) is 7.95. The fraction of sp³-hybridized carbons (Fsp3) is 0.118. The van der Waals surface area contributed by atoms with E-state index in [4.69, 9.17) is 0 Å². The zero-order chi connectivity index (χ0) is 23.4. The average molecular weight is 451 g/mol. The molecule has 0 spiro atoms. The monoisotopic (exact) mass is 450 g/mol. The van der Waals surface area contributed by atoms with Gasteiger partial charge in [-0.3, -0.25) is 0 Å². The quantitative estimate of drug-likeness (QED) is 0.291. The van der Waals surface area contributed by atoms with E-state index >= 15 is 0 Å². The van der Waals surface area contributed by atoms with Crippen molar-refractivity contribution in [2.45, 2.75) is 18.3 Å². The second-order valence-corrected chi connectivity index (χ2v) is 9.89. The van der Waals surface area contributed by atoms with E-state index in [1.807, 2.05) is 12.1 Å². The van der Waals surface area contributed by atoms with Gasteiger partial charge in [0.2, 0.25) is 0 Å². The molecule has 2 aliphatic carbocycles. The summed E-state index contributed by atoms with van der Waals surface area (Å²) in [6, 6.07) is 34.5. The van der Waals surface area contributed by atoms with Crippen molar-refractivity contribution in [1.82, 2.24) is 0 Å². The molecule has 0 saturated carbocycles. The van der Waals surface area contributed by atoms with Gasteiger partial charge in [-0.1, -0.05) is 109 Å². The molecule has 2 unspecified atom stereocenters. The van der Waals surface area contributed by atoms with Gasteiger partial charge in [-0.2, -0.15) is 0 Å². The highest BCUT2D eigenvalue weighted by Crippen LogP contribution is 2.48. The Kier molecular flexibility index (Phi) is 4.63. The highest BCUT2D eigenvalue weighted by Gasteiger charge is 2.33. The van der Waals surface area contributed by atoms with Gasteiger partial charge in [0.15, 0.2) is 0 Å². The van der Waals surface area contributed by atoms with E-state index in [9.17, 15) is 5.11 Å². The van der Waals surface area contributed by atoms with Crippen molar-refractivity contribution in [3.05, 3.63) is 137 Å². The molecule has 0 heterocycles. The van der Waals surface area contributed by atoms with Gasteiger partial charge in [-0.05, 0) is 73.8 Å². The van der Waals surface area contributed by atoms with Crippen LogP contribution >= 0.6 is 0 Å². The molecule has 7 rings (SSSR count). The molecule has 0 radical (unpaired) electrons. The van der Waals surface area contributed by atoms with Gasteiger partial charge in [0.25, 0.3) is 0 Å². The van der Waals surface area contributed by atoms with Crippen molar-refractivity contribution >= 4 is 33.7 Å². The van der Waals surface area contributed by atoms with Crippen LogP contribution in [0.3, 0.4) is 0 Å². The topological polar surface area (TPSA) is 20.2 Å². The molecule has 1 N–H and O–H groups in total. The van der Waals surface area contributed by atoms with Gasteiger partial charge in [0.05, 0.1) is 0 Å². The Bertz CT molecular complexity index is 1530. The number of aromatic hydroxyl groups is 1. The molecule has 0 aromatic heterocycles. The zero-order valence-corrected chi connectivity index (χ0v) is 19.4. The summed E-state index contributed by atoms with van der Waals surface area (Å²) in [6.45, 7) is 0. The summed E-state index contributed by atoms with van der Waals surface area (Å²) < 4.78 is 0. The number of allylic oxidation sites excluding steroid dienone is 2. The molecule has 5 aromatic carbocycles. The molecule has 0 fully saturated rings. The van der Waals surface area contributed by atoms with E-state index in [0.29, 0.717) is 11.7 Å². The second-order valence-electron chi connectivity index (χ2n) is 9.89. The number of benzene rings is 5. The number of phenolic OH excluding ortho intramolecular Hbond substituents is 1.